The van der Waals surface area contributed by atoms with Crippen molar-refractivity contribution in [2.75, 3.05) is 19.6 Å². The van der Waals surface area contributed by atoms with Gasteiger partial charge in [0.25, 0.3) is 0 Å². The van der Waals surface area contributed by atoms with Gasteiger partial charge >= 0.3 is 0 Å². The van der Waals surface area contributed by atoms with Crippen molar-refractivity contribution in [1.29, 1.82) is 0 Å². The van der Waals surface area contributed by atoms with Crippen molar-refractivity contribution in [2.24, 2.45) is 5.92 Å². The van der Waals surface area contributed by atoms with Crippen molar-refractivity contribution >= 4 is 29.9 Å². The van der Waals surface area contributed by atoms with Crippen LogP contribution in [0.1, 0.15) is 12.0 Å². The zero-order valence-corrected chi connectivity index (χ0v) is 17.5. The molecule has 5 nitrogen and oxygen atoms in total. The molecule has 1 unspecified atom stereocenters. The topological polar surface area (TPSA) is 59.0 Å². The second-order valence-corrected chi connectivity index (χ2v) is 7.46. The first-order valence-corrected chi connectivity index (χ1v) is 9.97. The summed E-state index contributed by atoms with van der Waals surface area (Å²) in [5, 5.41) is 11.8. The van der Waals surface area contributed by atoms with E-state index in [0.29, 0.717) is 11.6 Å². The fourth-order valence-corrected chi connectivity index (χ4v) is 3.63. The van der Waals surface area contributed by atoms with Gasteiger partial charge in [0.1, 0.15) is 0 Å². The van der Waals surface area contributed by atoms with Gasteiger partial charge in [0, 0.05) is 35.4 Å². The van der Waals surface area contributed by atoms with Crippen molar-refractivity contribution in [3.05, 3.63) is 71.4 Å². The number of nitrogens with one attached hydrogen (secondary N) is 2. The van der Waals surface area contributed by atoms with Gasteiger partial charge < -0.3 is 10.6 Å². The first-order chi connectivity index (χ1) is 13.7. The highest BCUT2D eigenvalue weighted by atomic mass is 35.5. The van der Waals surface area contributed by atoms with Crippen LogP contribution in [0.3, 0.4) is 0 Å². The smallest absolute Gasteiger partial charge is 0.224 e. The number of carbonyl (C=O) groups excluding carboxylic acids is 1. The number of rotatable bonds is 6. The Morgan fingerprint density at radius 3 is 2.62 bits per heavy atom. The van der Waals surface area contributed by atoms with E-state index in [2.05, 4.69) is 10.6 Å². The van der Waals surface area contributed by atoms with Gasteiger partial charge in [-0.05, 0) is 43.7 Å². The highest BCUT2D eigenvalue weighted by molar-refractivity contribution is 6.30. The molecule has 1 atom stereocenters. The second-order valence-electron chi connectivity index (χ2n) is 7.02. The summed E-state index contributed by atoms with van der Waals surface area (Å²) in [6.07, 6.45) is 3.67. The third kappa shape index (κ3) is 5.18. The average molecular weight is 431 g/mol. The van der Waals surface area contributed by atoms with Crippen molar-refractivity contribution in [3.63, 3.8) is 0 Å². The van der Waals surface area contributed by atoms with Gasteiger partial charge in [0.2, 0.25) is 5.91 Å². The molecule has 0 saturated carbocycles. The maximum Gasteiger partial charge on any atom is 0.224 e. The molecule has 7 heteroatoms. The molecule has 1 aromatic heterocycles. The summed E-state index contributed by atoms with van der Waals surface area (Å²) in [7, 11) is 0. The van der Waals surface area contributed by atoms with E-state index < -0.39 is 0 Å². The molecule has 1 saturated heterocycles. The summed E-state index contributed by atoms with van der Waals surface area (Å²) in [5.41, 5.74) is 4.03. The molecule has 4 rings (SSSR count). The van der Waals surface area contributed by atoms with Crippen molar-refractivity contribution < 1.29 is 4.79 Å². The number of para-hydroxylation sites is 1. The van der Waals surface area contributed by atoms with Crippen LogP contribution in [0.15, 0.2) is 60.8 Å². The Bertz CT molecular complexity index is 935. The Morgan fingerprint density at radius 2 is 1.93 bits per heavy atom. The molecule has 2 aromatic carbocycles. The molecule has 0 aliphatic carbocycles. The minimum Gasteiger partial charge on any atom is -0.355 e. The van der Waals surface area contributed by atoms with Gasteiger partial charge in [-0.25, -0.2) is 4.68 Å². The first-order valence-electron chi connectivity index (χ1n) is 9.59. The second kappa shape index (κ2) is 9.92. The Morgan fingerprint density at radius 1 is 1.17 bits per heavy atom. The molecule has 0 spiro atoms. The lowest BCUT2D eigenvalue weighted by Gasteiger charge is -2.09. The zero-order chi connectivity index (χ0) is 19.3. The highest BCUT2D eigenvalue weighted by Crippen LogP contribution is 2.25. The molecule has 2 N–H and O–H groups in total. The standard InChI is InChI=1S/C22H23ClN4O.ClH/c23-19-8-6-16(7-9-19)21-18(11-13-25-22(28)17-10-12-24-14-17)15-27(26-21)20-4-2-1-3-5-20;/h1-9,15,17,24H,10-14H2,(H,25,28);1H. The van der Waals surface area contributed by atoms with E-state index in [-0.39, 0.29) is 24.2 Å². The third-order valence-electron chi connectivity index (χ3n) is 5.05. The molecule has 1 aliphatic heterocycles. The fourth-order valence-electron chi connectivity index (χ4n) is 3.50. The average Bonchev–Trinajstić information content (AvgIpc) is 3.40. The summed E-state index contributed by atoms with van der Waals surface area (Å²) in [6.45, 7) is 2.28. The van der Waals surface area contributed by atoms with Crippen LogP contribution >= 0.6 is 24.0 Å². The number of benzene rings is 2. The summed E-state index contributed by atoms with van der Waals surface area (Å²) >= 11 is 6.04. The van der Waals surface area contributed by atoms with Gasteiger partial charge in [-0.3, -0.25) is 4.79 Å². The van der Waals surface area contributed by atoms with Gasteiger partial charge in [-0.1, -0.05) is 41.9 Å². The normalized spacial score (nSPS) is 15.7. The highest BCUT2D eigenvalue weighted by Gasteiger charge is 2.22. The van der Waals surface area contributed by atoms with Crippen LogP contribution in [-0.2, 0) is 11.2 Å². The molecular formula is C22H24Cl2N4O. The quantitative estimate of drug-likeness (QED) is 0.623. The predicted molar refractivity (Wildman–Crippen MR) is 119 cm³/mol. The van der Waals surface area contributed by atoms with Gasteiger partial charge in [0.15, 0.2) is 0 Å². The number of aromatic nitrogens is 2. The maximum absolute atomic E-state index is 12.3. The molecule has 2 heterocycles. The van der Waals surface area contributed by atoms with Crippen LogP contribution in [-0.4, -0.2) is 35.3 Å². The molecular weight excluding hydrogens is 407 g/mol. The number of halogens is 2. The van der Waals surface area contributed by atoms with Crippen molar-refractivity contribution in [3.8, 4) is 16.9 Å². The molecule has 0 radical (unpaired) electrons. The first kappa shape index (κ1) is 21.4. The third-order valence-corrected chi connectivity index (χ3v) is 5.31. The largest absolute Gasteiger partial charge is 0.355 e. The lowest BCUT2D eigenvalue weighted by atomic mass is 10.1. The molecule has 1 amide bonds. The van der Waals surface area contributed by atoms with E-state index in [1.165, 1.54) is 0 Å². The Labute approximate surface area is 181 Å². The van der Waals surface area contributed by atoms with Gasteiger partial charge in [0.05, 0.1) is 17.3 Å². The number of nitrogens with zero attached hydrogens (tertiary/aromatic N) is 2. The van der Waals surface area contributed by atoms with Crippen molar-refractivity contribution in [1.82, 2.24) is 20.4 Å². The van der Waals surface area contributed by atoms with Gasteiger partial charge in [-0.15, -0.1) is 12.4 Å². The minimum atomic E-state index is 0. The van der Waals surface area contributed by atoms with E-state index in [1.807, 2.05) is 65.5 Å². The molecule has 152 valence electrons. The van der Waals surface area contributed by atoms with E-state index in [1.54, 1.807) is 0 Å². The van der Waals surface area contributed by atoms with Crippen LogP contribution in [0.25, 0.3) is 16.9 Å². The number of carbonyl (C=O) groups is 1. The summed E-state index contributed by atoms with van der Waals surface area (Å²) < 4.78 is 1.89. The van der Waals surface area contributed by atoms with E-state index in [0.717, 1.165) is 48.4 Å². The van der Waals surface area contributed by atoms with Crippen LogP contribution in [0, 0.1) is 5.92 Å². The fraction of sp³-hybridized carbons (Fsp3) is 0.273. The molecule has 3 aromatic rings. The Kier molecular flexibility index (Phi) is 7.31. The number of amides is 1. The van der Waals surface area contributed by atoms with E-state index in [9.17, 15) is 4.79 Å². The summed E-state index contributed by atoms with van der Waals surface area (Å²) in [6, 6.07) is 17.7. The monoisotopic (exact) mass is 430 g/mol. The maximum atomic E-state index is 12.3. The molecule has 1 fully saturated rings. The molecule has 1 aliphatic rings. The predicted octanol–water partition coefficient (Wildman–Crippen LogP) is 3.88. The number of hydrogen-bond acceptors (Lipinski definition) is 3. The zero-order valence-electron chi connectivity index (χ0n) is 16.0. The van der Waals surface area contributed by atoms with Crippen LogP contribution < -0.4 is 10.6 Å². The van der Waals surface area contributed by atoms with Crippen LogP contribution in [0.4, 0.5) is 0 Å². The lowest BCUT2D eigenvalue weighted by molar-refractivity contribution is -0.124. The number of hydrogen-bond donors (Lipinski definition) is 2. The Hall–Kier alpha value is -2.34. The molecule has 0 bridgehead atoms. The SMILES string of the molecule is Cl.O=C(NCCc1cn(-c2ccccc2)nc1-c1ccc(Cl)cc1)C1CCNC1. The Balaban J connectivity index is 0.00000240. The van der Waals surface area contributed by atoms with Gasteiger partial charge in [-0.2, -0.15) is 5.10 Å². The summed E-state index contributed by atoms with van der Waals surface area (Å²) in [5.74, 6) is 0.219. The lowest BCUT2D eigenvalue weighted by Crippen LogP contribution is -2.33. The summed E-state index contributed by atoms with van der Waals surface area (Å²) in [4.78, 5) is 12.3. The van der Waals surface area contributed by atoms with E-state index >= 15 is 0 Å². The van der Waals surface area contributed by atoms with Crippen LogP contribution in [0.5, 0.6) is 0 Å². The molecule has 29 heavy (non-hydrogen) atoms. The minimum absolute atomic E-state index is 0. The van der Waals surface area contributed by atoms with E-state index in [4.69, 9.17) is 16.7 Å². The van der Waals surface area contributed by atoms with Crippen LogP contribution in [0.2, 0.25) is 5.02 Å². The van der Waals surface area contributed by atoms with Crippen molar-refractivity contribution in [2.45, 2.75) is 12.8 Å².